The summed E-state index contributed by atoms with van der Waals surface area (Å²) in [6.45, 7) is 0.467. The monoisotopic (exact) mass is 212 g/mol. The molecule has 5 heteroatoms. The summed E-state index contributed by atoms with van der Waals surface area (Å²) in [5.41, 5.74) is 5.54. The standard InChI is InChI=1S/C9H16N4S/c1-13-8(6-10)11-12-9(13)14-7-4-2-3-5-7/h7H,2-6,10H2,1H3. The summed E-state index contributed by atoms with van der Waals surface area (Å²) in [4.78, 5) is 0. The summed E-state index contributed by atoms with van der Waals surface area (Å²) in [6.07, 6.45) is 5.35. The summed E-state index contributed by atoms with van der Waals surface area (Å²) in [5, 5.41) is 9.94. The minimum absolute atomic E-state index is 0.467. The Morgan fingerprint density at radius 2 is 2.14 bits per heavy atom. The van der Waals surface area contributed by atoms with E-state index in [9.17, 15) is 0 Å². The third-order valence-electron chi connectivity index (χ3n) is 2.68. The number of aromatic nitrogens is 3. The molecule has 1 aromatic heterocycles. The summed E-state index contributed by atoms with van der Waals surface area (Å²) in [6, 6.07) is 0. The van der Waals surface area contributed by atoms with Gasteiger partial charge in [0.2, 0.25) is 0 Å². The van der Waals surface area contributed by atoms with Crippen molar-refractivity contribution in [3.05, 3.63) is 5.82 Å². The first-order valence-corrected chi connectivity index (χ1v) is 5.94. The Morgan fingerprint density at radius 1 is 1.43 bits per heavy atom. The van der Waals surface area contributed by atoms with Crippen LogP contribution >= 0.6 is 11.8 Å². The SMILES string of the molecule is Cn1c(CN)nnc1SC1CCCC1. The van der Waals surface area contributed by atoms with E-state index < -0.39 is 0 Å². The summed E-state index contributed by atoms with van der Waals surface area (Å²) >= 11 is 1.85. The fourth-order valence-corrected chi connectivity index (χ4v) is 3.00. The smallest absolute Gasteiger partial charge is 0.191 e. The van der Waals surface area contributed by atoms with Crippen LogP contribution in [-0.4, -0.2) is 20.0 Å². The lowest BCUT2D eigenvalue weighted by Crippen LogP contribution is -2.06. The lowest BCUT2D eigenvalue weighted by atomic mass is 10.4. The Labute approximate surface area is 88.3 Å². The van der Waals surface area contributed by atoms with Gasteiger partial charge in [-0.25, -0.2) is 0 Å². The lowest BCUT2D eigenvalue weighted by Gasteiger charge is -2.07. The highest BCUT2D eigenvalue weighted by molar-refractivity contribution is 7.99. The highest BCUT2D eigenvalue weighted by Crippen LogP contribution is 2.33. The first kappa shape index (κ1) is 9.98. The summed E-state index contributed by atoms with van der Waals surface area (Å²) in [7, 11) is 1.99. The van der Waals surface area contributed by atoms with Gasteiger partial charge < -0.3 is 10.3 Å². The Morgan fingerprint density at radius 3 is 2.71 bits per heavy atom. The molecule has 0 spiro atoms. The molecule has 0 aromatic carbocycles. The van der Waals surface area contributed by atoms with Gasteiger partial charge in [0.25, 0.3) is 0 Å². The molecular formula is C9H16N4S. The average Bonchev–Trinajstić information content (AvgIpc) is 2.79. The molecule has 0 atom stereocenters. The average molecular weight is 212 g/mol. The Hall–Kier alpha value is -0.550. The van der Waals surface area contributed by atoms with E-state index in [4.69, 9.17) is 5.73 Å². The molecule has 0 radical (unpaired) electrons. The fourth-order valence-electron chi connectivity index (χ4n) is 1.78. The van der Waals surface area contributed by atoms with Gasteiger partial charge in [0.05, 0.1) is 6.54 Å². The van der Waals surface area contributed by atoms with Gasteiger partial charge in [0, 0.05) is 12.3 Å². The molecule has 1 aliphatic carbocycles. The van der Waals surface area contributed by atoms with Crippen LogP contribution in [-0.2, 0) is 13.6 Å². The van der Waals surface area contributed by atoms with Crippen molar-refractivity contribution in [1.82, 2.24) is 14.8 Å². The van der Waals surface area contributed by atoms with Gasteiger partial charge >= 0.3 is 0 Å². The second-order valence-electron chi connectivity index (χ2n) is 3.69. The number of hydrogen-bond donors (Lipinski definition) is 1. The van der Waals surface area contributed by atoms with E-state index in [0.29, 0.717) is 6.54 Å². The first-order valence-electron chi connectivity index (χ1n) is 5.06. The van der Waals surface area contributed by atoms with Crippen LogP contribution in [0, 0.1) is 0 Å². The highest BCUT2D eigenvalue weighted by Gasteiger charge is 2.19. The Kier molecular flexibility index (Phi) is 3.08. The quantitative estimate of drug-likeness (QED) is 0.820. The molecule has 2 rings (SSSR count). The predicted molar refractivity (Wildman–Crippen MR) is 57.0 cm³/mol. The third kappa shape index (κ3) is 1.93. The van der Waals surface area contributed by atoms with Crippen molar-refractivity contribution in [2.75, 3.05) is 0 Å². The number of nitrogens with two attached hydrogens (primary N) is 1. The molecule has 78 valence electrons. The van der Waals surface area contributed by atoms with Crippen LogP contribution in [0.1, 0.15) is 31.5 Å². The van der Waals surface area contributed by atoms with Gasteiger partial charge in [-0.15, -0.1) is 10.2 Å². The molecule has 0 saturated heterocycles. The van der Waals surface area contributed by atoms with E-state index in [1.165, 1.54) is 25.7 Å². The van der Waals surface area contributed by atoms with Crippen LogP contribution in [0.4, 0.5) is 0 Å². The minimum Gasteiger partial charge on any atom is -0.324 e. The molecule has 0 amide bonds. The molecule has 0 aliphatic heterocycles. The van der Waals surface area contributed by atoms with Gasteiger partial charge in [-0.1, -0.05) is 24.6 Å². The Balaban J connectivity index is 2.04. The van der Waals surface area contributed by atoms with Crippen LogP contribution < -0.4 is 5.73 Å². The fraction of sp³-hybridized carbons (Fsp3) is 0.778. The lowest BCUT2D eigenvalue weighted by molar-refractivity contribution is 0.730. The van der Waals surface area contributed by atoms with Gasteiger partial charge in [0.15, 0.2) is 5.16 Å². The number of thioether (sulfide) groups is 1. The molecule has 0 unspecified atom stereocenters. The van der Waals surface area contributed by atoms with Gasteiger partial charge in [0.1, 0.15) is 5.82 Å². The molecule has 1 saturated carbocycles. The summed E-state index contributed by atoms with van der Waals surface area (Å²) in [5.74, 6) is 0.866. The van der Waals surface area contributed by atoms with Crippen molar-refractivity contribution in [2.24, 2.45) is 12.8 Å². The maximum absolute atomic E-state index is 5.54. The molecule has 14 heavy (non-hydrogen) atoms. The van der Waals surface area contributed by atoms with Crippen LogP contribution in [0.25, 0.3) is 0 Å². The van der Waals surface area contributed by atoms with Crippen molar-refractivity contribution in [3.8, 4) is 0 Å². The topological polar surface area (TPSA) is 56.7 Å². The van der Waals surface area contributed by atoms with Gasteiger partial charge in [-0.3, -0.25) is 0 Å². The molecular weight excluding hydrogens is 196 g/mol. The zero-order chi connectivity index (χ0) is 9.97. The van der Waals surface area contributed by atoms with E-state index in [1.54, 1.807) is 0 Å². The van der Waals surface area contributed by atoms with Crippen molar-refractivity contribution in [2.45, 2.75) is 42.6 Å². The maximum Gasteiger partial charge on any atom is 0.191 e. The largest absolute Gasteiger partial charge is 0.324 e. The van der Waals surface area contributed by atoms with E-state index in [2.05, 4.69) is 10.2 Å². The van der Waals surface area contributed by atoms with E-state index in [-0.39, 0.29) is 0 Å². The van der Waals surface area contributed by atoms with Crippen molar-refractivity contribution in [1.29, 1.82) is 0 Å². The zero-order valence-electron chi connectivity index (χ0n) is 8.44. The highest BCUT2D eigenvalue weighted by atomic mass is 32.2. The second-order valence-corrected chi connectivity index (χ2v) is 4.95. The van der Waals surface area contributed by atoms with E-state index in [1.807, 2.05) is 23.4 Å². The van der Waals surface area contributed by atoms with Crippen LogP contribution in [0.2, 0.25) is 0 Å². The molecule has 1 aromatic rings. The van der Waals surface area contributed by atoms with Crippen molar-refractivity contribution in [3.63, 3.8) is 0 Å². The van der Waals surface area contributed by atoms with Crippen molar-refractivity contribution < 1.29 is 0 Å². The summed E-state index contributed by atoms with van der Waals surface area (Å²) < 4.78 is 2.00. The van der Waals surface area contributed by atoms with Crippen LogP contribution in [0.15, 0.2) is 5.16 Å². The zero-order valence-corrected chi connectivity index (χ0v) is 9.26. The predicted octanol–water partition coefficient (Wildman–Crippen LogP) is 1.31. The Bertz CT molecular complexity index is 304. The molecule has 2 N–H and O–H groups in total. The molecule has 0 bridgehead atoms. The minimum atomic E-state index is 0.467. The second kappa shape index (κ2) is 4.31. The van der Waals surface area contributed by atoms with Crippen LogP contribution in [0.3, 0.4) is 0 Å². The van der Waals surface area contributed by atoms with Gasteiger partial charge in [-0.05, 0) is 12.8 Å². The molecule has 1 heterocycles. The number of rotatable bonds is 3. The van der Waals surface area contributed by atoms with Gasteiger partial charge in [-0.2, -0.15) is 0 Å². The first-order chi connectivity index (χ1) is 6.81. The number of nitrogens with zero attached hydrogens (tertiary/aromatic N) is 3. The molecule has 4 nitrogen and oxygen atoms in total. The molecule has 1 aliphatic rings. The third-order valence-corrected chi connectivity index (χ3v) is 4.05. The van der Waals surface area contributed by atoms with Crippen molar-refractivity contribution >= 4 is 11.8 Å². The number of hydrogen-bond acceptors (Lipinski definition) is 4. The van der Waals surface area contributed by atoms with E-state index in [0.717, 1.165) is 16.2 Å². The van der Waals surface area contributed by atoms with Crippen LogP contribution in [0.5, 0.6) is 0 Å². The normalized spacial score (nSPS) is 17.9. The maximum atomic E-state index is 5.54. The van der Waals surface area contributed by atoms with E-state index >= 15 is 0 Å². The molecule has 1 fully saturated rings.